The molecule has 1 unspecified atom stereocenters. The number of carbonyl (C=O) groups excluding carboxylic acids is 2. The van der Waals surface area contributed by atoms with Gasteiger partial charge in [-0.25, -0.2) is 4.79 Å². The van der Waals surface area contributed by atoms with Crippen molar-refractivity contribution in [1.29, 1.82) is 0 Å². The first-order chi connectivity index (χ1) is 7.68. The van der Waals surface area contributed by atoms with Crippen molar-refractivity contribution in [3.8, 4) is 0 Å². The number of urea groups is 1. The smallest absolute Gasteiger partial charge is 0.312 e. The van der Waals surface area contributed by atoms with Gasteiger partial charge in [-0.2, -0.15) is 0 Å². The van der Waals surface area contributed by atoms with Crippen molar-refractivity contribution in [3.05, 3.63) is 0 Å². The molecule has 0 aliphatic carbocycles. The number of nitrogens with one attached hydrogen (secondary N) is 3. The van der Waals surface area contributed by atoms with E-state index in [0.717, 1.165) is 25.9 Å². The number of amides is 3. The quantitative estimate of drug-likeness (QED) is 0.446. The van der Waals surface area contributed by atoms with E-state index in [-0.39, 0.29) is 5.91 Å². The fraction of sp³-hybridized carbons (Fsp3) is 0.800. The summed E-state index contributed by atoms with van der Waals surface area (Å²) >= 11 is 0. The summed E-state index contributed by atoms with van der Waals surface area (Å²) < 4.78 is 0. The Balaban J connectivity index is 1.95. The molecule has 0 bridgehead atoms. The molecule has 92 valence electrons. The highest BCUT2D eigenvalue weighted by Gasteiger charge is 2.15. The van der Waals surface area contributed by atoms with E-state index in [2.05, 4.69) is 16.0 Å². The van der Waals surface area contributed by atoms with E-state index in [1.807, 2.05) is 0 Å². The summed E-state index contributed by atoms with van der Waals surface area (Å²) in [6.45, 7) is 2.90. The van der Waals surface area contributed by atoms with Gasteiger partial charge in [-0.05, 0) is 31.8 Å². The van der Waals surface area contributed by atoms with Crippen LogP contribution in [0.25, 0.3) is 0 Å². The third kappa shape index (κ3) is 5.55. The minimum atomic E-state index is -0.564. The highest BCUT2D eigenvalue weighted by molar-refractivity contribution is 5.76. The van der Waals surface area contributed by atoms with E-state index < -0.39 is 6.03 Å². The minimum absolute atomic E-state index is 0.0400. The molecule has 0 aromatic heterocycles. The van der Waals surface area contributed by atoms with Crippen molar-refractivity contribution in [2.24, 2.45) is 11.7 Å². The second kappa shape index (κ2) is 7.05. The number of hydrogen-bond acceptors (Lipinski definition) is 3. The predicted molar refractivity (Wildman–Crippen MR) is 60.8 cm³/mol. The Morgan fingerprint density at radius 2 is 2.06 bits per heavy atom. The molecule has 0 saturated carbocycles. The summed E-state index contributed by atoms with van der Waals surface area (Å²) in [5.74, 6) is 0.674. The second-order valence-electron chi connectivity index (χ2n) is 4.04. The van der Waals surface area contributed by atoms with Gasteiger partial charge >= 0.3 is 6.03 Å². The molecule has 1 heterocycles. The standard InChI is InChI=1S/C10H20N4O2/c11-10(16)14-6-5-13-9(15)2-1-8-3-4-12-7-8/h8,12H,1-7H2,(H,13,15)(H3,11,14,16). The fourth-order valence-corrected chi connectivity index (χ4v) is 1.77. The molecule has 1 aliphatic rings. The highest BCUT2D eigenvalue weighted by Crippen LogP contribution is 2.13. The summed E-state index contributed by atoms with van der Waals surface area (Å²) in [6.07, 6.45) is 2.65. The van der Waals surface area contributed by atoms with Crippen molar-refractivity contribution < 1.29 is 9.59 Å². The summed E-state index contributed by atoms with van der Waals surface area (Å²) in [6, 6.07) is -0.564. The van der Waals surface area contributed by atoms with Crippen LogP contribution in [0.4, 0.5) is 4.79 Å². The van der Waals surface area contributed by atoms with Crippen LogP contribution in [0.15, 0.2) is 0 Å². The Hall–Kier alpha value is -1.30. The van der Waals surface area contributed by atoms with Gasteiger partial charge in [-0.15, -0.1) is 0 Å². The zero-order valence-electron chi connectivity index (χ0n) is 9.42. The molecular weight excluding hydrogens is 208 g/mol. The first kappa shape index (κ1) is 12.8. The molecule has 6 nitrogen and oxygen atoms in total. The van der Waals surface area contributed by atoms with Gasteiger partial charge in [0.1, 0.15) is 0 Å². The van der Waals surface area contributed by atoms with Crippen molar-refractivity contribution in [2.45, 2.75) is 19.3 Å². The number of hydrogen-bond donors (Lipinski definition) is 4. The Morgan fingerprint density at radius 3 is 2.69 bits per heavy atom. The maximum atomic E-state index is 11.4. The van der Waals surface area contributed by atoms with Crippen LogP contribution < -0.4 is 21.7 Å². The van der Waals surface area contributed by atoms with E-state index in [1.165, 1.54) is 0 Å². The average Bonchev–Trinajstić information content (AvgIpc) is 2.74. The SMILES string of the molecule is NC(=O)NCCNC(=O)CCC1CCNC1. The molecule has 1 aliphatic heterocycles. The van der Waals surface area contributed by atoms with Crippen LogP contribution >= 0.6 is 0 Å². The Labute approximate surface area is 95.3 Å². The number of carbonyl (C=O) groups is 2. The average molecular weight is 228 g/mol. The number of rotatable bonds is 6. The topological polar surface area (TPSA) is 96.2 Å². The van der Waals surface area contributed by atoms with Crippen LogP contribution in [0.1, 0.15) is 19.3 Å². The molecule has 1 saturated heterocycles. The van der Waals surface area contributed by atoms with Gasteiger partial charge in [0.2, 0.25) is 5.91 Å². The van der Waals surface area contributed by atoms with Gasteiger partial charge in [0, 0.05) is 19.5 Å². The van der Waals surface area contributed by atoms with Crippen LogP contribution in [0.5, 0.6) is 0 Å². The minimum Gasteiger partial charge on any atom is -0.354 e. The summed E-state index contributed by atoms with van der Waals surface area (Å²) in [4.78, 5) is 21.7. The lowest BCUT2D eigenvalue weighted by atomic mass is 10.0. The monoisotopic (exact) mass is 228 g/mol. The Kier molecular flexibility index (Phi) is 5.63. The lowest BCUT2D eigenvalue weighted by Crippen LogP contribution is -2.37. The molecule has 16 heavy (non-hydrogen) atoms. The molecule has 5 N–H and O–H groups in total. The van der Waals surface area contributed by atoms with Gasteiger partial charge in [0.05, 0.1) is 0 Å². The van der Waals surface area contributed by atoms with Crippen LogP contribution in [0, 0.1) is 5.92 Å². The van der Waals surface area contributed by atoms with Gasteiger partial charge < -0.3 is 21.7 Å². The number of nitrogens with two attached hydrogens (primary N) is 1. The van der Waals surface area contributed by atoms with Crippen LogP contribution in [-0.4, -0.2) is 38.1 Å². The first-order valence-electron chi connectivity index (χ1n) is 5.69. The predicted octanol–water partition coefficient (Wildman–Crippen LogP) is -0.839. The molecule has 0 aromatic carbocycles. The molecule has 6 heteroatoms. The van der Waals surface area contributed by atoms with Gasteiger partial charge in [0.25, 0.3) is 0 Å². The van der Waals surface area contributed by atoms with Crippen molar-refractivity contribution in [3.63, 3.8) is 0 Å². The largest absolute Gasteiger partial charge is 0.354 e. The molecule has 1 rings (SSSR count). The van der Waals surface area contributed by atoms with Crippen molar-refractivity contribution >= 4 is 11.9 Å². The molecule has 1 atom stereocenters. The lowest BCUT2D eigenvalue weighted by molar-refractivity contribution is -0.121. The van der Waals surface area contributed by atoms with Crippen LogP contribution in [0.3, 0.4) is 0 Å². The van der Waals surface area contributed by atoms with Crippen molar-refractivity contribution in [2.75, 3.05) is 26.2 Å². The first-order valence-corrected chi connectivity index (χ1v) is 5.69. The maximum absolute atomic E-state index is 11.4. The fourth-order valence-electron chi connectivity index (χ4n) is 1.77. The highest BCUT2D eigenvalue weighted by atomic mass is 16.2. The summed E-state index contributed by atoms with van der Waals surface area (Å²) in [7, 11) is 0. The van der Waals surface area contributed by atoms with Crippen molar-refractivity contribution in [1.82, 2.24) is 16.0 Å². The van der Waals surface area contributed by atoms with Gasteiger partial charge in [-0.3, -0.25) is 4.79 Å². The zero-order valence-corrected chi connectivity index (χ0v) is 9.42. The normalized spacial score (nSPS) is 19.4. The molecular formula is C10H20N4O2. The lowest BCUT2D eigenvalue weighted by Gasteiger charge is -2.08. The van der Waals surface area contributed by atoms with Gasteiger partial charge in [0.15, 0.2) is 0 Å². The molecule has 0 aromatic rings. The molecule has 0 spiro atoms. The molecule has 3 amide bonds. The molecule has 0 radical (unpaired) electrons. The maximum Gasteiger partial charge on any atom is 0.312 e. The van der Waals surface area contributed by atoms with Crippen LogP contribution in [-0.2, 0) is 4.79 Å². The zero-order chi connectivity index (χ0) is 11.8. The third-order valence-electron chi connectivity index (χ3n) is 2.69. The Bertz CT molecular complexity index is 239. The van der Waals surface area contributed by atoms with E-state index in [9.17, 15) is 9.59 Å². The summed E-state index contributed by atoms with van der Waals surface area (Å²) in [5, 5.41) is 8.41. The Morgan fingerprint density at radius 1 is 1.31 bits per heavy atom. The van der Waals surface area contributed by atoms with E-state index in [0.29, 0.717) is 25.4 Å². The second-order valence-corrected chi connectivity index (χ2v) is 4.04. The third-order valence-corrected chi connectivity index (χ3v) is 2.69. The summed E-state index contributed by atoms with van der Waals surface area (Å²) in [5.41, 5.74) is 4.88. The van der Waals surface area contributed by atoms with E-state index in [4.69, 9.17) is 5.73 Å². The van der Waals surface area contributed by atoms with E-state index in [1.54, 1.807) is 0 Å². The van der Waals surface area contributed by atoms with Gasteiger partial charge in [-0.1, -0.05) is 0 Å². The number of primary amides is 1. The van der Waals surface area contributed by atoms with Crippen LogP contribution in [0.2, 0.25) is 0 Å². The van der Waals surface area contributed by atoms with E-state index >= 15 is 0 Å². The molecule has 1 fully saturated rings.